The molecule has 4 heterocycles. The molecule has 2 unspecified atom stereocenters. The zero-order chi connectivity index (χ0) is 24.5. The fraction of sp³-hybridized carbons (Fsp3) is 0.333. The summed E-state index contributed by atoms with van der Waals surface area (Å²) in [7, 11) is 2.07. The van der Waals surface area contributed by atoms with Crippen LogP contribution in [0.25, 0.3) is 17.0 Å². The first kappa shape index (κ1) is 23.0. The molecule has 0 radical (unpaired) electrons. The Bertz CT molecular complexity index is 1390. The van der Waals surface area contributed by atoms with Gasteiger partial charge in [-0.05, 0) is 63.0 Å². The standard InChI is InChI=1S/C27H29N7O/c1-17-6-4-13-34-23(16-29-26(17)34)24-21(14-28)15-30-27(32-24)31-18(2)19-8-10-20(11-9-19)25(35)22-7-5-12-33(22)3/h4,6,8-11,13,15-16,18,22,25,35H,5,7,12H2,1-3H3,(H,30,31,32)/t18?,22?,25-/m0/s1. The number of imidazole rings is 1. The molecule has 4 aromatic rings. The molecule has 0 amide bonds. The van der Waals surface area contributed by atoms with Crippen molar-refractivity contribution in [2.75, 3.05) is 18.9 Å². The van der Waals surface area contributed by atoms with E-state index < -0.39 is 6.10 Å². The molecular weight excluding hydrogens is 438 g/mol. The van der Waals surface area contributed by atoms with Gasteiger partial charge in [-0.25, -0.2) is 15.0 Å². The number of nitrogens with zero attached hydrogens (tertiary/aromatic N) is 6. The van der Waals surface area contributed by atoms with Gasteiger partial charge in [-0.2, -0.15) is 5.26 Å². The third-order valence-electron chi connectivity index (χ3n) is 6.95. The molecule has 8 heteroatoms. The highest BCUT2D eigenvalue weighted by atomic mass is 16.3. The van der Waals surface area contributed by atoms with E-state index in [0.717, 1.165) is 47.4 Å². The van der Waals surface area contributed by atoms with Crippen LogP contribution in [0.3, 0.4) is 0 Å². The van der Waals surface area contributed by atoms with E-state index in [9.17, 15) is 10.4 Å². The minimum Gasteiger partial charge on any atom is -0.387 e. The summed E-state index contributed by atoms with van der Waals surface area (Å²) in [5.74, 6) is 0.436. The molecule has 2 N–H and O–H groups in total. The lowest BCUT2D eigenvalue weighted by Crippen LogP contribution is -2.31. The summed E-state index contributed by atoms with van der Waals surface area (Å²) in [6, 6.07) is 14.3. The monoisotopic (exact) mass is 467 g/mol. The topological polar surface area (TPSA) is 102 Å². The molecule has 3 atom stereocenters. The van der Waals surface area contributed by atoms with Crippen LogP contribution < -0.4 is 5.32 Å². The smallest absolute Gasteiger partial charge is 0.223 e. The molecule has 5 rings (SSSR count). The lowest BCUT2D eigenvalue weighted by Gasteiger charge is -2.25. The quantitative estimate of drug-likeness (QED) is 0.436. The summed E-state index contributed by atoms with van der Waals surface area (Å²) in [4.78, 5) is 15.8. The fourth-order valence-corrected chi connectivity index (χ4v) is 4.87. The van der Waals surface area contributed by atoms with Crippen molar-refractivity contribution < 1.29 is 5.11 Å². The largest absolute Gasteiger partial charge is 0.387 e. The highest BCUT2D eigenvalue weighted by Gasteiger charge is 2.28. The van der Waals surface area contributed by atoms with E-state index in [1.54, 1.807) is 12.4 Å². The minimum absolute atomic E-state index is 0.0689. The van der Waals surface area contributed by atoms with E-state index in [-0.39, 0.29) is 12.1 Å². The van der Waals surface area contributed by atoms with Crippen LogP contribution >= 0.6 is 0 Å². The molecule has 1 aliphatic heterocycles. The Labute approximate surface area is 204 Å². The number of rotatable bonds is 6. The van der Waals surface area contributed by atoms with Crippen LogP contribution in [0, 0.1) is 18.3 Å². The lowest BCUT2D eigenvalue weighted by atomic mass is 9.98. The zero-order valence-corrected chi connectivity index (χ0v) is 20.2. The molecule has 8 nitrogen and oxygen atoms in total. The van der Waals surface area contributed by atoms with Crippen LogP contribution in [0.4, 0.5) is 5.95 Å². The highest BCUT2D eigenvalue weighted by molar-refractivity contribution is 5.68. The predicted octanol–water partition coefficient (Wildman–Crippen LogP) is 4.27. The van der Waals surface area contributed by atoms with Crippen molar-refractivity contribution in [2.24, 2.45) is 0 Å². The fourth-order valence-electron chi connectivity index (χ4n) is 4.87. The molecule has 1 aliphatic rings. The average molecular weight is 468 g/mol. The number of nitriles is 1. The number of likely N-dealkylation sites (tertiary alicyclic amines) is 1. The minimum atomic E-state index is -0.488. The number of aromatic nitrogens is 4. The molecular formula is C27H29N7O. The Morgan fingerprint density at radius 2 is 1.91 bits per heavy atom. The van der Waals surface area contributed by atoms with Gasteiger partial charge in [-0.1, -0.05) is 30.3 Å². The summed E-state index contributed by atoms with van der Waals surface area (Å²) in [5.41, 5.74) is 5.54. The zero-order valence-electron chi connectivity index (χ0n) is 20.2. The first-order chi connectivity index (χ1) is 17.0. The van der Waals surface area contributed by atoms with Crippen molar-refractivity contribution in [2.45, 2.75) is 44.9 Å². The second-order valence-electron chi connectivity index (χ2n) is 9.26. The van der Waals surface area contributed by atoms with E-state index >= 15 is 0 Å². The summed E-state index contributed by atoms with van der Waals surface area (Å²) >= 11 is 0. The molecule has 0 saturated carbocycles. The SMILES string of the molecule is Cc1cccn2c(-c3nc(NC(C)c4ccc([C@H](O)C5CCCN5C)cc4)ncc3C#N)cnc12. The second-order valence-corrected chi connectivity index (χ2v) is 9.26. The Morgan fingerprint density at radius 3 is 2.63 bits per heavy atom. The third kappa shape index (κ3) is 4.36. The van der Waals surface area contributed by atoms with Gasteiger partial charge in [-0.15, -0.1) is 0 Å². The van der Waals surface area contributed by atoms with E-state index in [0.29, 0.717) is 17.2 Å². The molecule has 0 aliphatic carbocycles. The van der Waals surface area contributed by atoms with Gasteiger partial charge in [0.15, 0.2) is 0 Å². The first-order valence-electron chi connectivity index (χ1n) is 11.9. The summed E-state index contributed by atoms with van der Waals surface area (Å²) in [6.07, 6.45) is 6.86. The number of fused-ring (bicyclic) bond motifs is 1. The summed E-state index contributed by atoms with van der Waals surface area (Å²) < 4.78 is 1.94. The van der Waals surface area contributed by atoms with Crippen molar-refractivity contribution in [1.29, 1.82) is 5.26 Å². The Kier molecular flexibility index (Phi) is 6.20. The number of anilines is 1. The van der Waals surface area contributed by atoms with E-state index in [4.69, 9.17) is 0 Å². The van der Waals surface area contributed by atoms with E-state index in [2.05, 4.69) is 38.3 Å². The third-order valence-corrected chi connectivity index (χ3v) is 6.95. The van der Waals surface area contributed by atoms with Gasteiger partial charge in [0.05, 0.1) is 35.8 Å². The molecule has 1 fully saturated rings. The van der Waals surface area contributed by atoms with Crippen molar-refractivity contribution in [1.82, 2.24) is 24.3 Å². The van der Waals surface area contributed by atoms with Crippen molar-refractivity contribution in [3.8, 4) is 17.5 Å². The molecule has 0 spiro atoms. The highest BCUT2D eigenvalue weighted by Crippen LogP contribution is 2.30. The number of nitrogens with one attached hydrogen (secondary N) is 1. The normalized spacial score (nSPS) is 17.9. The van der Waals surface area contributed by atoms with Crippen LogP contribution in [-0.2, 0) is 0 Å². The summed E-state index contributed by atoms with van der Waals surface area (Å²) in [5, 5.41) is 23.8. The number of aliphatic hydroxyl groups is 1. The predicted molar refractivity (Wildman–Crippen MR) is 135 cm³/mol. The number of pyridine rings is 1. The van der Waals surface area contributed by atoms with Crippen LogP contribution in [0.1, 0.15) is 54.2 Å². The van der Waals surface area contributed by atoms with E-state index in [1.807, 2.05) is 60.8 Å². The Morgan fingerprint density at radius 1 is 1.14 bits per heavy atom. The van der Waals surface area contributed by atoms with Gasteiger partial charge in [0, 0.05) is 12.2 Å². The molecule has 35 heavy (non-hydrogen) atoms. The number of likely N-dealkylation sites (N-methyl/N-ethyl adjacent to an activating group) is 1. The van der Waals surface area contributed by atoms with Gasteiger partial charge in [0.1, 0.15) is 17.4 Å². The van der Waals surface area contributed by atoms with E-state index in [1.165, 1.54) is 0 Å². The molecule has 1 aromatic carbocycles. The van der Waals surface area contributed by atoms with Gasteiger partial charge in [0.25, 0.3) is 0 Å². The van der Waals surface area contributed by atoms with Crippen molar-refractivity contribution in [3.05, 3.63) is 77.2 Å². The van der Waals surface area contributed by atoms with Crippen LogP contribution in [0.2, 0.25) is 0 Å². The lowest BCUT2D eigenvalue weighted by molar-refractivity contribution is 0.0857. The second kappa shape index (κ2) is 9.45. The number of hydrogen-bond donors (Lipinski definition) is 2. The number of benzene rings is 1. The van der Waals surface area contributed by atoms with Crippen molar-refractivity contribution >= 4 is 11.6 Å². The van der Waals surface area contributed by atoms with Gasteiger partial charge in [0.2, 0.25) is 5.95 Å². The van der Waals surface area contributed by atoms with Gasteiger partial charge < -0.3 is 15.3 Å². The number of hydrogen-bond acceptors (Lipinski definition) is 7. The van der Waals surface area contributed by atoms with Gasteiger partial charge in [-0.3, -0.25) is 4.40 Å². The molecule has 178 valence electrons. The molecule has 3 aromatic heterocycles. The number of aliphatic hydroxyl groups excluding tert-OH is 1. The van der Waals surface area contributed by atoms with Gasteiger partial charge >= 0.3 is 0 Å². The Hall–Kier alpha value is -3.80. The summed E-state index contributed by atoms with van der Waals surface area (Å²) in [6.45, 7) is 5.07. The number of aryl methyl sites for hydroxylation is 1. The average Bonchev–Trinajstić information content (AvgIpc) is 3.50. The van der Waals surface area contributed by atoms with Crippen LogP contribution in [0.15, 0.2) is 55.0 Å². The first-order valence-corrected chi connectivity index (χ1v) is 11.9. The molecule has 0 bridgehead atoms. The maximum absolute atomic E-state index is 10.8. The maximum Gasteiger partial charge on any atom is 0.223 e. The van der Waals surface area contributed by atoms with Crippen LogP contribution in [0.5, 0.6) is 0 Å². The Balaban J connectivity index is 1.37. The van der Waals surface area contributed by atoms with Crippen molar-refractivity contribution in [3.63, 3.8) is 0 Å². The van der Waals surface area contributed by atoms with Crippen LogP contribution in [-0.4, -0.2) is 49.0 Å². The molecule has 1 saturated heterocycles. The maximum atomic E-state index is 10.8.